The third-order valence-corrected chi connectivity index (χ3v) is 2.73. The molecule has 1 aromatic carbocycles. The van der Waals surface area contributed by atoms with E-state index in [1.165, 1.54) is 5.56 Å². The Kier molecular flexibility index (Phi) is 2.77. The Morgan fingerprint density at radius 2 is 2.14 bits per heavy atom. The van der Waals surface area contributed by atoms with Gasteiger partial charge in [-0.1, -0.05) is 23.7 Å². The molecule has 0 aromatic heterocycles. The first-order chi connectivity index (χ1) is 6.68. The topological polar surface area (TPSA) is 21.3 Å². The van der Waals surface area contributed by atoms with Crippen LogP contribution in [0.5, 0.6) is 0 Å². The Morgan fingerprint density at radius 1 is 1.43 bits per heavy atom. The molecule has 1 fully saturated rings. The van der Waals surface area contributed by atoms with Gasteiger partial charge in [0.15, 0.2) is 0 Å². The van der Waals surface area contributed by atoms with E-state index in [9.17, 15) is 0 Å². The van der Waals surface area contributed by atoms with E-state index in [2.05, 4.69) is 12.2 Å². The van der Waals surface area contributed by atoms with Crippen LogP contribution >= 0.6 is 11.6 Å². The highest BCUT2D eigenvalue weighted by molar-refractivity contribution is 6.30. The zero-order valence-corrected chi connectivity index (χ0v) is 8.97. The molecule has 1 atom stereocenters. The lowest BCUT2D eigenvalue weighted by Gasteiger charge is -2.23. The van der Waals surface area contributed by atoms with Crippen molar-refractivity contribution in [1.29, 1.82) is 0 Å². The van der Waals surface area contributed by atoms with Crippen LogP contribution in [-0.2, 0) is 11.2 Å². The molecule has 1 heterocycles. The molecule has 1 aliphatic heterocycles. The van der Waals surface area contributed by atoms with Crippen molar-refractivity contribution < 1.29 is 4.74 Å². The Hall–Kier alpha value is -0.570. The fourth-order valence-electron chi connectivity index (χ4n) is 1.75. The summed E-state index contributed by atoms with van der Waals surface area (Å²) in [5.74, 6) is 0. The summed E-state index contributed by atoms with van der Waals surface area (Å²) in [7, 11) is 0. The van der Waals surface area contributed by atoms with Gasteiger partial charge in [0.25, 0.3) is 0 Å². The molecule has 0 bridgehead atoms. The van der Waals surface area contributed by atoms with E-state index in [0.29, 0.717) is 0 Å². The Balaban J connectivity index is 2.06. The van der Waals surface area contributed by atoms with Gasteiger partial charge in [0.1, 0.15) is 5.72 Å². The summed E-state index contributed by atoms with van der Waals surface area (Å²) in [4.78, 5) is 0. The molecule has 1 saturated heterocycles. The molecule has 1 aliphatic rings. The van der Waals surface area contributed by atoms with E-state index in [0.717, 1.165) is 24.6 Å². The average Bonchev–Trinajstić information content (AvgIpc) is 2.57. The van der Waals surface area contributed by atoms with Crippen molar-refractivity contribution in [2.24, 2.45) is 0 Å². The van der Waals surface area contributed by atoms with E-state index in [1.54, 1.807) is 0 Å². The summed E-state index contributed by atoms with van der Waals surface area (Å²) >= 11 is 5.82. The molecule has 1 aromatic rings. The van der Waals surface area contributed by atoms with Crippen LogP contribution in [0.15, 0.2) is 24.3 Å². The van der Waals surface area contributed by atoms with Gasteiger partial charge < -0.3 is 4.74 Å². The summed E-state index contributed by atoms with van der Waals surface area (Å²) in [5, 5.41) is 4.12. The molecule has 0 amide bonds. The van der Waals surface area contributed by atoms with E-state index in [1.807, 2.05) is 24.3 Å². The molecule has 0 aliphatic carbocycles. The maximum atomic E-state index is 5.82. The molecule has 1 unspecified atom stereocenters. The number of rotatable bonds is 2. The Bertz CT molecular complexity index is 304. The molecule has 3 heteroatoms. The number of hydrogen-bond acceptors (Lipinski definition) is 2. The first-order valence-corrected chi connectivity index (χ1v) is 5.19. The van der Waals surface area contributed by atoms with Crippen LogP contribution in [0.3, 0.4) is 0 Å². The molecule has 1 N–H and O–H groups in total. The Morgan fingerprint density at radius 3 is 2.71 bits per heavy atom. The first-order valence-electron chi connectivity index (χ1n) is 4.81. The van der Waals surface area contributed by atoms with E-state index in [4.69, 9.17) is 16.3 Å². The molecule has 0 saturated carbocycles. The van der Waals surface area contributed by atoms with Gasteiger partial charge in [0.05, 0.1) is 6.61 Å². The molecule has 0 radical (unpaired) electrons. The molecule has 2 rings (SSSR count). The van der Waals surface area contributed by atoms with Crippen LogP contribution in [0.4, 0.5) is 0 Å². The molecule has 2 nitrogen and oxygen atoms in total. The highest BCUT2D eigenvalue weighted by Gasteiger charge is 2.28. The van der Waals surface area contributed by atoms with Gasteiger partial charge in [-0.05, 0) is 24.6 Å². The minimum atomic E-state index is -0.201. The van der Waals surface area contributed by atoms with Crippen molar-refractivity contribution in [2.75, 3.05) is 13.2 Å². The largest absolute Gasteiger partial charge is 0.359 e. The maximum absolute atomic E-state index is 5.82. The number of ether oxygens (including phenoxy) is 1. The zero-order valence-electron chi connectivity index (χ0n) is 8.22. The summed E-state index contributed by atoms with van der Waals surface area (Å²) < 4.78 is 5.63. The number of benzene rings is 1. The highest BCUT2D eigenvalue weighted by Crippen LogP contribution is 2.19. The average molecular weight is 212 g/mol. The quantitative estimate of drug-likeness (QED) is 0.810. The van der Waals surface area contributed by atoms with Gasteiger partial charge in [-0.2, -0.15) is 0 Å². The van der Waals surface area contributed by atoms with Crippen molar-refractivity contribution in [2.45, 2.75) is 19.1 Å². The third-order valence-electron chi connectivity index (χ3n) is 2.48. The molecule has 0 spiro atoms. The maximum Gasteiger partial charge on any atom is 0.120 e. The molecular weight excluding hydrogens is 198 g/mol. The second kappa shape index (κ2) is 3.89. The van der Waals surface area contributed by atoms with Crippen LogP contribution in [0.2, 0.25) is 5.02 Å². The summed E-state index contributed by atoms with van der Waals surface area (Å²) in [6, 6.07) is 7.90. The summed E-state index contributed by atoms with van der Waals surface area (Å²) in [6.45, 7) is 3.81. The van der Waals surface area contributed by atoms with Crippen molar-refractivity contribution >= 4 is 11.6 Å². The normalized spacial score (nSPS) is 26.7. The Labute approximate surface area is 89.2 Å². The SMILES string of the molecule is CC1(Cc2ccc(Cl)cc2)NCCO1. The van der Waals surface area contributed by atoms with Crippen LogP contribution in [0.25, 0.3) is 0 Å². The van der Waals surface area contributed by atoms with Crippen molar-refractivity contribution in [3.63, 3.8) is 0 Å². The lowest BCUT2D eigenvalue weighted by atomic mass is 10.0. The summed E-state index contributed by atoms with van der Waals surface area (Å²) in [6.07, 6.45) is 0.879. The predicted molar refractivity (Wildman–Crippen MR) is 57.5 cm³/mol. The second-order valence-electron chi connectivity index (χ2n) is 3.81. The van der Waals surface area contributed by atoms with Gasteiger partial charge in [0.2, 0.25) is 0 Å². The van der Waals surface area contributed by atoms with E-state index < -0.39 is 0 Å². The smallest absolute Gasteiger partial charge is 0.120 e. The van der Waals surface area contributed by atoms with Gasteiger partial charge in [-0.3, -0.25) is 5.32 Å². The van der Waals surface area contributed by atoms with Gasteiger partial charge in [-0.25, -0.2) is 0 Å². The standard InChI is InChI=1S/C11H14ClNO/c1-11(13-6-7-14-11)8-9-2-4-10(12)5-3-9/h2-5,13H,6-8H2,1H3. The molecule has 14 heavy (non-hydrogen) atoms. The minimum absolute atomic E-state index is 0.201. The second-order valence-corrected chi connectivity index (χ2v) is 4.25. The molecular formula is C11H14ClNO. The lowest BCUT2D eigenvalue weighted by Crippen LogP contribution is -2.39. The first kappa shape index (κ1) is 9.97. The fraction of sp³-hybridized carbons (Fsp3) is 0.455. The lowest BCUT2D eigenvalue weighted by molar-refractivity contribution is 0.00702. The van der Waals surface area contributed by atoms with Crippen molar-refractivity contribution in [3.05, 3.63) is 34.9 Å². The van der Waals surface area contributed by atoms with Gasteiger partial charge >= 0.3 is 0 Å². The van der Waals surface area contributed by atoms with Crippen molar-refractivity contribution in [1.82, 2.24) is 5.32 Å². The fourth-order valence-corrected chi connectivity index (χ4v) is 1.87. The predicted octanol–water partition coefficient (Wildman–Crippen LogP) is 2.22. The molecule has 76 valence electrons. The van der Waals surface area contributed by atoms with E-state index in [-0.39, 0.29) is 5.72 Å². The van der Waals surface area contributed by atoms with Crippen LogP contribution in [-0.4, -0.2) is 18.9 Å². The van der Waals surface area contributed by atoms with Gasteiger partial charge in [0, 0.05) is 18.0 Å². The zero-order chi connectivity index (χ0) is 10.0. The summed E-state index contributed by atoms with van der Waals surface area (Å²) in [5.41, 5.74) is 1.04. The monoisotopic (exact) mass is 211 g/mol. The van der Waals surface area contributed by atoms with Crippen LogP contribution in [0.1, 0.15) is 12.5 Å². The number of nitrogens with one attached hydrogen (secondary N) is 1. The van der Waals surface area contributed by atoms with Crippen molar-refractivity contribution in [3.8, 4) is 0 Å². The number of halogens is 1. The minimum Gasteiger partial charge on any atom is -0.359 e. The highest BCUT2D eigenvalue weighted by atomic mass is 35.5. The third kappa shape index (κ3) is 2.27. The van der Waals surface area contributed by atoms with Crippen LogP contribution in [0, 0.1) is 0 Å². The van der Waals surface area contributed by atoms with E-state index >= 15 is 0 Å². The van der Waals surface area contributed by atoms with Gasteiger partial charge in [-0.15, -0.1) is 0 Å². The van der Waals surface area contributed by atoms with Crippen LogP contribution < -0.4 is 5.32 Å². The number of hydrogen-bond donors (Lipinski definition) is 1.